The molecule has 12 heteroatoms. The predicted octanol–water partition coefficient (Wildman–Crippen LogP) is 6.52. The van der Waals surface area contributed by atoms with Crippen molar-refractivity contribution in [1.82, 2.24) is 4.98 Å². The maximum Gasteiger partial charge on any atom is 0.416 e. The molecule has 2 amide bonds. The summed E-state index contributed by atoms with van der Waals surface area (Å²) in [5.74, 6) is -1.30. The highest BCUT2D eigenvalue weighted by Crippen LogP contribution is 2.35. The van der Waals surface area contributed by atoms with Gasteiger partial charge in [0.15, 0.2) is 5.13 Å². The van der Waals surface area contributed by atoms with Gasteiger partial charge in [-0.05, 0) is 42.5 Å². The number of rotatable bonds is 5. The fourth-order valence-corrected chi connectivity index (χ4v) is 3.68. The summed E-state index contributed by atoms with van der Waals surface area (Å²) in [5.41, 5.74) is -1.72. The van der Waals surface area contributed by atoms with Gasteiger partial charge in [-0.3, -0.25) is 14.5 Å². The zero-order chi connectivity index (χ0) is 25.1. The van der Waals surface area contributed by atoms with E-state index in [4.69, 9.17) is 0 Å². The number of anilines is 3. The Bertz CT molecular complexity index is 1230. The Morgan fingerprint density at radius 2 is 1.59 bits per heavy atom. The number of thiazole rings is 1. The van der Waals surface area contributed by atoms with Crippen molar-refractivity contribution >= 4 is 45.7 Å². The summed E-state index contributed by atoms with van der Waals surface area (Å²) in [7, 11) is 0. The second-order valence-electron chi connectivity index (χ2n) is 6.86. The van der Waals surface area contributed by atoms with Crippen molar-refractivity contribution in [3.63, 3.8) is 0 Å². The van der Waals surface area contributed by atoms with Gasteiger partial charge in [-0.15, -0.1) is 11.3 Å². The van der Waals surface area contributed by atoms with Crippen LogP contribution in [0.3, 0.4) is 0 Å². The van der Waals surface area contributed by atoms with Crippen molar-refractivity contribution in [3.05, 3.63) is 76.8 Å². The molecular formula is C22H15F6N3O2S. The van der Waals surface area contributed by atoms with Crippen LogP contribution in [0.1, 0.15) is 23.7 Å². The molecule has 0 aliphatic rings. The molecule has 3 rings (SSSR count). The predicted molar refractivity (Wildman–Crippen MR) is 115 cm³/mol. The first-order valence-electron chi connectivity index (χ1n) is 9.44. The highest BCUT2D eigenvalue weighted by molar-refractivity contribution is 7.14. The Labute approximate surface area is 193 Å². The molecule has 0 saturated heterocycles. The van der Waals surface area contributed by atoms with Crippen molar-refractivity contribution in [1.29, 1.82) is 0 Å². The Balaban J connectivity index is 1.76. The smallest absolute Gasteiger partial charge is 0.322 e. The highest BCUT2D eigenvalue weighted by Gasteiger charge is 2.32. The fraction of sp³-hybridized carbons (Fsp3) is 0.136. The molecule has 1 aromatic heterocycles. The van der Waals surface area contributed by atoms with Gasteiger partial charge in [0.05, 0.1) is 22.5 Å². The molecular weight excluding hydrogens is 484 g/mol. The van der Waals surface area contributed by atoms with Gasteiger partial charge in [0, 0.05) is 24.1 Å². The number of halogens is 6. The van der Waals surface area contributed by atoms with Gasteiger partial charge in [-0.2, -0.15) is 26.3 Å². The monoisotopic (exact) mass is 499 g/mol. The number of alkyl halides is 6. The third-order valence-electron chi connectivity index (χ3n) is 4.31. The van der Waals surface area contributed by atoms with E-state index >= 15 is 0 Å². The summed E-state index contributed by atoms with van der Waals surface area (Å²) >= 11 is 0.959. The molecule has 178 valence electrons. The van der Waals surface area contributed by atoms with Crippen LogP contribution in [0.2, 0.25) is 0 Å². The normalized spacial score (nSPS) is 12.1. The van der Waals surface area contributed by atoms with E-state index in [0.717, 1.165) is 52.6 Å². The number of hydrogen-bond acceptors (Lipinski definition) is 4. The minimum atomic E-state index is -4.60. The van der Waals surface area contributed by atoms with E-state index < -0.39 is 35.3 Å². The van der Waals surface area contributed by atoms with Crippen molar-refractivity contribution in [3.8, 4) is 0 Å². The molecule has 2 aromatic carbocycles. The SMILES string of the molecule is CC(=O)N(c1cccc(C(F)(F)F)c1)c1nc(/C=C/C(=O)Nc2cccc(C(F)(F)F)c2)cs1. The van der Waals surface area contributed by atoms with Crippen LogP contribution in [0.5, 0.6) is 0 Å². The number of nitrogens with one attached hydrogen (secondary N) is 1. The lowest BCUT2D eigenvalue weighted by molar-refractivity contribution is -0.138. The maximum atomic E-state index is 13.0. The molecule has 0 radical (unpaired) electrons. The number of carbonyl (C=O) groups is 2. The van der Waals surface area contributed by atoms with Crippen molar-refractivity contribution in [2.45, 2.75) is 19.3 Å². The maximum absolute atomic E-state index is 13.0. The van der Waals surface area contributed by atoms with Crippen molar-refractivity contribution in [2.24, 2.45) is 0 Å². The average molecular weight is 499 g/mol. The second-order valence-corrected chi connectivity index (χ2v) is 7.70. The zero-order valence-electron chi connectivity index (χ0n) is 17.2. The van der Waals surface area contributed by atoms with E-state index in [1.165, 1.54) is 36.6 Å². The standard InChI is InChI=1S/C22H15F6N3O2S/c1-13(32)31(18-7-3-5-15(11-18)22(26,27)28)20-30-17(12-34-20)8-9-19(33)29-16-6-2-4-14(10-16)21(23,24)25/h2-12H,1H3,(H,29,33)/b9-8+. The van der Waals surface area contributed by atoms with Crippen molar-refractivity contribution in [2.75, 3.05) is 10.2 Å². The Morgan fingerprint density at radius 3 is 2.21 bits per heavy atom. The molecule has 1 heterocycles. The first-order valence-corrected chi connectivity index (χ1v) is 10.3. The molecule has 0 aliphatic heterocycles. The van der Waals surface area contributed by atoms with E-state index in [1.54, 1.807) is 0 Å². The lowest BCUT2D eigenvalue weighted by atomic mass is 10.2. The molecule has 0 atom stereocenters. The molecule has 0 saturated carbocycles. The molecule has 0 aliphatic carbocycles. The molecule has 5 nitrogen and oxygen atoms in total. The number of hydrogen-bond donors (Lipinski definition) is 1. The number of benzene rings is 2. The van der Waals surface area contributed by atoms with Crippen LogP contribution < -0.4 is 10.2 Å². The van der Waals surface area contributed by atoms with Crippen LogP contribution in [0, 0.1) is 0 Å². The summed E-state index contributed by atoms with van der Waals surface area (Å²) in [6.07, 6.45) is -6.87. The van der Waals surface area contributed by atoms with Gasteiger partial charge in [0.2, 0.25) is 11.8 Å². The minimum Gasteiger partial charge on any atom is -0.322 e. The van der Waals surface area contributed by atoms with Crippen LogP contribution in [0.25, 0.3) is 6.08 Å². The van der Waals surface area contributed by atoms with Gasteiger partial charge in [0.1, 0.15) is 0 Å². The first kappa shape index (κ1) is 25.0. The van der Waals surface area contributed by atoms with Crippen LogP contribution in [0.4, 0.5) is 42.8 Å². The first-order chi connectivity index (χ1) is 15.8. The molecule has 0 bridgehead atoms. The minimum absolute atomic E-state index is 0.0329. The molecule has 34 heavy (non-hydrogen) atoms. The van der Waals surface area contributed by atoms with Gasteiger partial charge in [0.25, 0.3) is 0 Å². The van der Waals surface area contributed by atoms with Crippen LogP contribution in [0.15, 0.2) is 60.0 Å². The Kier molecular flexibility index (Phi) is 7.10. The quantitative estimate of drug-likeness (QED) is 0.321. The van der Waals surface area contributed by atoms with E-state index in [-0.39, 0.29) is 22.2 Å². The third kappa shape index (κ3) is 6.22. The lowest BCUT2D eigenvalue weighted by Gasteiger charge is -2.19. The van der Waals surface area contributed by atoms with E-state index in [2.05, 4.69) is 10.3 Å². The van der Waals surface area contributed by atoms with E-state index in [1.807, 2.05) is 0 Å². The topological polar surface area (TPSA) is 62.3 Å². The lowest BCUT2D eigenvalue weighted by Crippen LogP contribution is -2.23. The van der Waals surface area contributed by atoms with E-state index in [0.29, 0.717) is 0 Å². The highest BCUT2D eigenvalue weighted by atomic mass is 32.1. The third-order valence-corrected chi connectivity index (χ3v) is 5.15. The summed E-state index contributed by atoms with van der Waals surface area (Å²) < 4.78 is 77.5. The van der Waals surface area contributed by atoms with Crippen LogP contribution in [-0.2, 0) is 21.9 Å². The Morgan fingerprint density at radius 1 is 0.971 bits per heavy atom. The molecule has 0 spiro atoms. The summed E-state index contributed by atoms with van der Waals surface area (Å²) in [4.78, 5) is 29.4. The summed E-state index contributed by atoms with van der Waals surface area (Å²) in [5, 5.41) is 3.84. The van der Waals surface area contributed by atoms with Crippen LogP contribution in [-0.4, -0.2) is 16.8 Å². The van der Waals surface area contributed by atoms with Gasteiger partial charge in [-0.1, -0.05) is 12.1 Å². The number of nitrogens with zero attached hydrogens (tertiary/aromatic N) is 2. The number of carbonyl (C=O) groups excluding carboxylic acids is 2. The van der Waals surface area contributed by atoms with Crippen LogP contribution >= 0.6 is 11.3 Å². The number of amides is 2. The molecule has 3 aromatic rings. The molecule has 0 fully saturated rings. The Hall–Kier alpha value is -3.67. The van der Waals surface area contributed by atoms with Crippen molar-refractivity contribution < 1.29 is 35.9 Å². The average Bonchev–Trinajstić information content (AvgIpc) is 3.20. The largest absolute Gasteiger partial charge is 0.416 e. The van der Waals surface area contributed by atoms with Gasteiger partial charge in [-0.25, -0.2) is 4.98 Å². The second kappa shape index (κ2) is 9.67. The van der Waals surface area contributed by atoms with E-state index in [9.17, 15) is 35.9 Å². The van der Waals surface area contributed by atoms with Gasteiger partial charge >= 0.3 is 12.4 Å². The fourth-order valence-electron chi connectivity index (χ4n) is 2.82. The number of aromatic nitrogens is 1. The molecule has 1 N–H and O–H groups in total. The summed E-state index contributed by atoms with van der Waals surface area (Å²) in [6.45, 7) is 1.17. The summed E-state index contributed by atoms with van der Waals surface area (Å²) in [6, 6.07) is 8.29. The molecule has 0 unspecified atom stereocenters. The zero-order valence-corrected chi connectivity index (χ0v) is 18.1. The van der Waals surface area contributed by atoms with Gasteiger partial charge < -0.3 is 5.32 Å².